The zero-order chi connectivity index (χ0) is 12.3. The topological polar surface area (TPSA) is 46.2 Å². The van der Waals surface area contributed by atoms with Crippen molar-refractivity contribution in [2.45, 2.75) is 6.92 Å². The molecule has 0 spiro atoms. The number of nitrogens with one attached hydrogen (secondary N) is 1. The van der Waals surface area contributed by atoms with Gasteiger partial charge in [-0.1, -0.05) is 36.4 Å². The van der Waals surface area contributed by atoms with Crippen LogP contribution in [-0.4, -0.2) is 11.1 Å². The van der Waals surface area contributed by atoms with Gasteiger partial charge in [-0.2, -0.15) is 0 Å². The quantitative estimate of drug-likeness (QED) is 0.815. The molecule has 4 heteroatoms. The van der Waals surface area contributed by atoms with E-state index >= 15 is 0 Å². The molecule has 1 aliphatic heterocycles. The minimum absolute atomic E-state index is 0.311. The maximum atomic E-state index is 11.3. The first-order chi connectivity index (χ1) is 8.15. The van der Waals surface area contributed by atoms with Crippen LogP contribution in [0.3, 0.4) is 0 Å². The molecule has 1 aliphatic rings. The normalized spacial score (nSPS) is 18.6. The summed E-state index contributed by atoms with van der Waals surface area (Å²) in [6.45, 7) is 1.90. The molecule has 1 N–H and O–H groups in total. The average molecular weight is 245 g/mol. The van der Waals surface area contributed by atoms with Crippen LogP contribution in [0.1, 0.15) is 12.5 Å². The van der Waals surface area contributed by atoms with Gasteiger partial charge in [0.05, 0.1) is 4.91 Å². The van der Waals surface area contributed by atoms with Gasteiger partial charge in [0.1, 0.15) is 0 Å². The first-order valence-electron chi connectivity index (χ1n) is 5.13. The molecular formula is C13H11NO2S. The van der Waals surface area contributed by atoms with E-state index in [4.69, 9.17) is 0 Å². The predicted molar refractivity (Wildman–Crippen MR) is 69.3 cm³/mol. The van der Waals surface area contributed by atoms with E-state index in [0.717, 1.165) is 22.9 Å². The zero-order valence-electron chi connectivity index (χ0n) is 9.27. The summed E-state index contributed by atoms with van der Waals surface area (Å²) in [7, 11) is 0. The van der Waals surface area contributed by atoms with Crippen LogP contribution >= 0.6 is 11.8 Å². The Hall–Kier alpha value is -1.81. The Morgan fingerprint density at radius 2 is 1.94 bits per heavy atom. The molecule has 0 aromatic heterocycles. The van der Waals surface area contributed by atoms with Gasteiger partial charge < -0.3 is 0 Å². The molecule has 1 heterocycles. The third-order valence-corrected chi connectivity index (χ3v) is 3.01. The second-order valence-corrected chi connectivity index (χ2v) is 4.67. The second kappa shape index (κ2) is 5.01. The van der Waals surface area contributed by atoms with E-state index in [1.165, 1.54) is 0 Å². The molecule has 2 amide bonds. The highest BCUT2D eigenvalue weighted by atomic mass is 32.2. The fourth-order valence-electron chi connectivity index (χ4n) is 1.48. The number of thioether (sulfide) groups is 1. The molecule has 1 aromatic carbocycles. The summed E-state index contributed by atoms with van der Waals surface area (Å²) in [4.78, 5) is 22.7. The van der Waals surface area contributed by atoms with E-state index in [0.29, 0.717) is 4.91 Å². The molecule has 17 heavy (non-hydrogen) atoms. The van der Waals surface area contributed by atoms with E-state index in [9.17, 15) is 9.59 Å². The lowest BCUT2D eigenvalue weighted by molar-refractivity contribution is -0.115. The Kier molecular flexibility index (Phi) is 3.44. The van der Waals surface area contributed by atoms with Gasteiger partial charge in [-0.15, -0.1) is 0 Å². The number of benzene rings is 1. The second-order valence-electron chi connectivity index (χ2n) is 3.65. The monoisotopic (exact) mass is 245 g/mol. The maximum Gasteiger partial charge on any atom is 0.290 e. The van der Waals surface area contributed by atoms with Gasteiger partial charge in [-0.05, 0) is 35.9 Å². The Bertz CT molecular complexity index is 517. The van der Waals surface area contributed by atoms with Crippen molar-refractivity contribution in [2.24, 2.45) is 0 Å². The summed E-state index contributed by atoms with van der Waals surface area (Å²) >= 11 is 0.933. The number of imide groups is 1. The molecule has 0 atom stereocenters. The van der Waals surface area contributed by atoms with Crippen LogP contribution in [0.2, 0.25) is 0 Å². The molecule has 2 rings (SSSR count). The SMILES string of the molecule is CC(=C\c1ccccc1)/C=C1/SC(=O)NC1=O. The minimum atomic E-state index is -0.319. The molecule has 3 nitrogen and oxygen atoms in total. The first kappa shape index (κ1) is 11.7. The third kappa shape index (κ3) is 3.07. The van der Waals surface area contributed by atoms with E-state index in [-0.39, 0.29) is 11.1 Å². The van der Waals surface area contributed by atoms with Crippen molar-refractivity contribution in [3.8, 4) is 0 Å². The lowest BCUT2D eigenvalue weighted by atomic mass is 10.1. The van der Waals surface area contributed by atoms with Gasteiger partial charge in [0.15, 0.2) is 0 Å². The number of amides is 2. The lowest BCUT2D eigenvalue weighted by Crippen LogP contribution is -2.17. The molecule has 0 radical (unpaired) electrons. The number of rotatable bonds is 2. The maximum absolute atomic E-state index is 11.3. The van der Waals surface area contributed by atoms with Crippen molar-refractivity contribution in [3.63, 3.8) is 0 Å². The average Bonchev–Trinajstić information content (AvgIpc) is 2.58. The van der Waals surface area contributed by atoms with E-state index < -0.39 is 0 Å². The van der Waals surface area contributed by atoms with Crippen LogP contribution in [0.25, 0.3) is 6.08 Å². The summed E-state index contributed by atoms with van der Waals surface area (Å²) in [5.41, 5.74) is 2.00. The van der Waals surface area contributed by atoms with E-state index in [2.05, 4.69) is 5.32 Å². The van der Waals surface area contributed by atoms with Crippen LogP contribution in [0.5, 0.6) is 0 Å². The van der Waals surface area contributed by atoms with Gasteiger partial charge in [0.25, 0.3) is 11.1 Å². The number of carbonyl (C=O) groups is 2. The van der Waals surface area contributed by atoms with Gasteiger partial charge >= 0.3 is 0 Å². The van der Waals surface area contributed by atoms with Crippen molar-refractivity contribution in [1.82, 2.24) is 5.32 Å². The number of carbonyl (C=O) groups excluding carboxylic acids is 2. The molecule has 0 bridgehead atoms. The fraction of sp³-hybridized carbons (Fsp3) is 0.0769. The van der Waals surface area contributed by atoms with Crippen molar-refractivity contribution < 1.29 is 9.59 Å². The van der Waals surface area contributed by atoms with Crippen LogP contribution in [0, 0.1) is 0 Å². The van der Waals surface area contributed by atoms with Crippen molar-refractivity contribution >= 4 is 29.0 Å². The molecule has 1 saturated heterocycles. The van der Waals surface area contributed by atoms with Crippen LogP contribution < -0.4 is 5.32 Å². The van der Waals surface area contributed by atoms with Crippen molar-refractivity contribution in [1.29, 1.82) is 0 Å². The van der Waals surface area contributed by atoms with Gasteiger partial charge in [-0.25, -0.2) is 0 Å². The van der Waals surface area contributed by atoms with E-state index in [1.54, 1.807) is 6.08 Å². The van der Waals surface area contributed by atoms with Gasteiger partial charge in [0, 0.05) is 0 Å². The summed E-state index contributed by atoms with van der Waals surface area (Å²) in [6.07, 6.45) is 3.68. The molecule has 1 fully saturated rings. The minimum Gasteiger partial charge on any atom is -0.282 e. The highest BCUT2D eigenvalue weighted by Crippen LogP contribution is 2.24. The van der Waals surface area contributed by atoms with Crippen LogP contribution in [-0.2, 0) is 4.79 Å². The Labute approximate surface area is 104 Å². The molecule has 0 saturated carbocycles. The summed E-state index contributed by atoms with van der Waals surface area (Å²) < 4.78 is 0. The molecular weight excluding hydrogens is 234 g/mol. The summed E-state index contributed by atoms with van der Waals surface area (Å²) in [5.74, 6) is -0.319. The highest BCUT2D eigenvalue weighted by molar-refractivity contribution is 8.18. The molecule has 1 aromatic rings. The Morgan fingerprint density at radius 1 is 1.24 bits per heavy atom. The van der Waals surface area contributed by atoms with Crippen molar-refractivity contribution in [3.05, 3.63) is 52.4 Å². The van der Waals surface area contributed by atoms with Crippen molar-refractivity contribution in [2.75, 3.05) is 0 Å². The third-order valence-electron chi connectivity index (χ3n) is 2.19. The lowest BCUT2D eigenvalue weighted by Gasteiger charge is -1.96. The number of hydrogen-bond acceptors (Lipinski definition) is 3. The number of hydrogen-bond donors (Lipinski definition) is 1. The van der Waals surface area contributed by atoms with E-state index in [1.807, 2.05) is 43.3 Å². The molecule has 86 valence electrons. The molecule has 0 unspecified atom stereocenters. The van der Waals surface area contributed by atoms with Crippen LogP contribution in [0.4, 0.5) is 4.79 Å². The largest absolute Gasteiger partial charge is 0.290 e. The molecule has 0 aliphatic carbocycles. The summed E-state index contributed by atoms with van der Waals surface area (Å²) in [6, 6.07) is 9.81. The Morgan fingerprint density at radius 3 is 2.53 bits per heavy atom. The fourth-order valence-corrected chi connectivity index (χ4v) is 2.21. The summed E-state index contributed by atoms with van der Waals surface area (Å²) in [5, 5.41) is 1.91. The highest BCUT2D eigenvalue weighted by Gasteiger charge is 2.24. The Balaban J connectivity index is 2.19. The zero-order valence-corrected chi connectivity index (χ0v) is 10.1. The van der Waals surface area contributed by atoms with Gasteiger partial charge in [0.2, 0.25) is 0 Å². The first-order valence-corrected chi connectivity index (χ1v) is 5.95. The smallest absolute Gasteiger partial charge is 0.282 e. The predicted octanol–water partition coefficient (Wildman–Crippen LogP) is 2.96. The number of allylic oxidation sites excluding steroid dienone is 2. The standard InChI is InChI=1S/C13H11NO2S/c1-9(7-10-5-3-2-4-6-10)8-11-12(15)14-13(16)17-11/h2-8H,1H3,(H,14,15,16)/b9-7+,11-8+. The van der Waals surface area contributed by atoms with Gasteiger partial charge in [-0.3, -0.25) is 14.9 Å². The van der Waals surface area contributed by atoms with Crippen LogP contribution in [0.15, 0.2) is 46.9 Å².